The maximum absolute atomic E-state index is 12.9. The largest absolute Gasteiger partial charge is 0.462 e. The molecule has 0 aliphatic heterocycles. The summed E-state index contributed by atoms with van der Waals surface area (Å²) in [6, 6.07) is 0. The van der Waals surface area contributed by atoms with Crippen molar-refractivity contribution < 1.29 is 28.6 Å². The zero-order valence-electron chi connectivity index (χ0n) is 50.3. The summed E-state index contributed by atoms with van der Waals surface area (Å²) in [4.78, 5) is 38.4. The Morgan fingerprint density at radius 3 is 0.781 bits per heavy atom. The van der Waals surface area contributed by atoms with Gasteiger partial charge in [-0.25, -0.2) is 0 Å². The Labute approximate surface area is 457 Å². The molecule has 0 saturated carbocycles. The van der Waals surface area contributed by atoms with Gasteiger partial charge < -0.3 is 14.2 Å². The smallest absolute Gasteiger partial charge is 0.306 e. The van der Waals surface area contributed by atoms with E-state index in [9.17, 15) is 14.4 Å². The Hall–Kier alpha value is -1.59. The van der Waals surface area contributed by atoms with Crippen LogP contribution in [-0.2, 0) is 28.6 Å². The molecule has 0 aromatic rings. The van der Waals surface area contributed by atoms with Crippen molar-refractivity contribution in [2.24, 2.45) is 11.8 Å². The first-order valence-electron chi connectivity index (χ1n) is 33.3. The van der Waals surface area contributed by atoms with Gasteiger partial charge in [0.1, 0.15) is 13.2 Å². The van der Waals surface area contributed by atoms with Crippen LogP contribution in [0.5, 0.6) is 0 Å². The summed E-state index contributed by atoms with van der Waals surface area (Å²) in [5.74, 6) is 0.930. The predicted molar refractivity (Wildman–Crippen MR) is 316 cm³/mol. The summed E-state index contributed by atoms with van der Waals surface area (Å²) < 4.78 is 17.0. The molecule has 434 valence electrons. The molecule has 0 fully saturated rings. The first-order chi connectivity index (χ1) is 35.8. The van der Waals surface area contributed by atoms with Gasteiger partial charge in [-0.15, -0.1) is 0 Å². The molecule has 0 aliphatic carbocycles. The van der Waals surface area contributed by atoms with Gasteiger partial charge in [-0.2, -0.15) is 0 Å². The van der Waals surface area contributed by atoms with Crippen LogP contribution >= 0.6 is 0 Å². The van der Waals surface area contributed by atoms with Crippen LogP contribution < -0.4 is 0 Å². The fraction of sp³-hybridized carbons (Fsp3) is 0.955. The van der Waals surface area contributed by atoms with Crippen LogP contribution in [0.1, 0.15) is 381 Å². The van der Waals surface area contributed by atoms with Gasteiger partial charge in [0, 0.05) is 19.3 Å². The average Bonchev–Trinajstić information content (AvgIpc) is 3.38. The van der Waals surface area contributed by atoms with E-state index in [4.69, 9.17) is 14.2 Å². The van der Waals surface area contributed by atoms with Crippen LogP contribution in [0.15, 0.2) is 0 Å². The van der Waals surface area contributed by atoms with E-state index in [2.05, 4.69) is 34.6 Å². The summed E-state index contributed by atoms with van der Waals surface area (Å²) in [5, 5.41) is 0. The molecule has 2 atom stereocenters. The van der Waals surface area contributed by atoms with Crippen molar-refractivity contribution in [2.75, 3.05) is 13.2 Å². The first kappa shape index (κ1) is 71.4. The molecule has 6 heteroatoms. The van der Waals surface area contributed by atoms with E-state index >= 15 is 0 Å². The van der Waals surface area contributed by atoms with Crippen molar-refractivity contribution >= 4 is 17.9 Å². The summed E-state index contributed by atoms with van der Waals surface area (Å²) in [5.41, 5.74) is 0. The normalized spacial score (nSPS) is 12.4. The average molecular weight is 1030 g/mol. The molecule has 0 spiro atoms. The molecule has 73 heavy (non-hydrogen) atoms. The van der Waals surface area contributed by atoms with Gasteiger partial charge >= 0.3 is 17.9 Å². The minimum absolute atomic E-state index is 0.0615. The van der Waals surface area contributed by atoms with Crippen LogP contribution in [0.3, 0.4) is 0 Å². The second-order valence-corrected chi connectivity index (χ2v) is 23.8. The third kappa shape index (κ3) is 59.5. The maximum atomic E-state index is 12.9. The monoisotopic (exact) mass is 1030 g/mol. The highest BCUT2D eigenvalue weighted by Gasteiger charge is 2.19. The quantitative estimate of drug-likeness (QED) is 0.0343. The molecule has 6 nitrogen and oxygen atoms in total. The fourth-order valence-corrected chi connectivity index (χ4v) is 10.4. The van der Waals surface area contributed by atoms with E-state index in [1.54, 1.807) is 0 Å². The number of hydrogen-bond donors (Lipinski definition) is 0. The van der Waals surface area contributed by atoms with E-state index in [1.165, 1.54) is 270 Å². The molecule has 0 saturated heterocycles. The van der Waals surface area contributed by atoms with Gasteiger partial charge in [0.2, 0.25) is 0 Å². The van der Waals surface area contributed by atoms with Crippen molar-refractivity contribution in [3.63, 3.8) is 0 Å². The molecule has 0 amide bonds. The molecular weight excluding hydrogens is 901 g/mol. The Morgan fingerprint density at radius 1 is 0.288 bits per heavy atom. The molecule has 0 heterocycles. The topological polar surface area (TPSA) is 78.9 Å². The lowest BCUT2D eigenvalue weighted by molar-refractivity contribution is -0.167. The van der Waals surface area contributed by atoms with Crippen molar-refractivity contribution in [2.45, 2.75) is 387 Å². The summed E-state index contributed by atoms with van der Waals surface area (Å²) >= 11 is 0. The SMILES string of the molecule is CCCCCCCCCCCCCCCCCC(=O)OC[C@@H](COC(=O)CCCCCCCCCCCCCCCCCC(C)C)OC(=O)CCCCCCCCCCCCCCCCCCCCC(C)CC. The summed E-state index contributed by atoms with van der Waals surface area (Å²) in [7, 11) is 0. The zero-order chi connectivity index (χ0) is 53.2. The predicted octanol–water partition coefficient (Wildman–Crippen LogP) is 22.4. The van der Waals surface area contributed by atoms with E-state index in [-0.39, 0.29) is 31.1 Å². The van der Waals surface area contributed by atoms with Crippen LogP contribution in [-0.4, -0.2) is 37.2 Å². The van der Waals surface area contributed by atoms with Gasteiger partial charge in [0.25, 0.3) is 0 Å². The Bertz CT molecular complexity index is 1120. The van der Waals surface area contributed by atoms with Crippen LogP contribution in [0.25, 0.3) is 0 Å². The number of hydrogen-bond acceptors (Lipinski definition) is 6. The highest BCUT2D eigenvalue weighted by molar-refractivity contribution is 5.71. The minimum Gasteiger partial charge on any atom is -0.462 e. The number of esters is 3. The molecule has 0 aromatic heterocycles. The van der Waals surface area contributed by atoms with Gasteiger partial charge in [-0.3, -0.25) is 14.4 Å². The van der Waals surface area contributed by atoms with E-state index in [0.717, 1.165) is 69.6 Å². The van der Waals surface area contributed by atoms with Crippen molar-refractivity contribution in [1.29, 1.82) is 0 Å². The van der Waals surface area contributed by atoms with Gasteiger partial charge in [0.15, 0.2) is 6.10 Å². The second kappa shape index (κ2) is 59.7. The third-order valence-corrected chi connectivity index (χ3v) is 15.8. The third-order valence-electron chi connectivity index (χ3n) is 15.8. The van der Waals surface area contributed by atoms with Crippen molar-refractivity contribution in [3.8, 4) is 0 Å². The fourth-order valence-electron chi connectivity index (χ4n) is 10.4. The summed E-state index contributed by atoms with van der Waals surface area (Å²) in [6.07, 6.45) is 66.7. The Morgan fingerprint density at radius 2 is 0.521 bits per heavy atom. The van der Waals surface area contributed by atoms with E-state index in [0.29, 0.717) is 19.3 Å². The van der Waals surface area contributed by atoms with Gasteiger partial charge in [-0.05, 0) is 31.1 Å². The van der Waals surface area contributed by atoms with E-state index in [1.807, 2.05) is 0 Å². The number of ether oxygens (including phenoxy) is 3. The van der Waals surface area contributed by atoms with Crippen molar-refractivity contribution in [1.82, 2.24) is 0 Å². The highest BCUT2D eigenvalue weighted by Crippen LogP contribution is 2.20. The molecule has 0 radical (unpaired) electrons. The van der Waals surface area contributed by atoms with Crippen molar-refractivity contribution in [3.05, 3.63) is 0 Å². The maximum Gasteiger partial charge on any atom is 0.306 e. The number of rotatable bonds is 61. The molecular formula is C67H130O6. The van der Waals surface area contributed by atoms with Gasteiger partial charge in [0.05, 0.1) is 0 Å². The van der Waals surface area contributed by atoms with Crippen LogP contribution in [0, 0.1) is 11.8 Å². The zero-order valence-corrected chi connectivity index (χ0v) is 50.3. The number of unbranched alkanes of at least 4 members (excludes halogenated alkanes) is 45. The van der Waals surface area contributed by atoms with Crippen LogP contribution in [0.4, 0.5) is 0 Å². The first-order valence-corrected chi connectivity index (χ1v) is 33.3. The Kier molecular flexibility index (Phi) is 58.4. The molecule has 0 rings (SSSR count). The lowest BCUT2D eigenvalue weighted by atomic mass is 9.99. The Balaban J connectivity index is 4.27. The van der Waals surface area contributed by atoms with Gasteiger partial charge in [-0.1, -0.05) is 343 Å². The molecule has 1 unspecified atom stereocenters. The number of carbonyl (C=O) groups excluding carboxylic acids is 3. The van der Waals surface area contributed by atoms with Crippen LogP contribution in [0.2, 0.25) is 0 Å². The minimum atomic E-state index is -0.764. The molecule has 0 bridgehead atoms. The standard InChI is InChI=1S/C67H130O6/c1-6-8-9-10-11-12-13-14-20-27-32-37-42-47-52-57-65(68)71-60-64(61-72-66(69)58-53-48-43-38-33-28-24-19-21-25-30-35-40-45-50-55-62(3)4)73-67(70)59-54-49-44-39-34-29-23-18-16-15-17-22-26-31-36-41-46-51-56-63(5)7-2/h62-64H,6-61H2,1-5H3/t63?,64-/m0/s1. The lowest BCUT2D eigenvalue weighted by Gasteiger charge is -2.18. The molecule has 0 aromatic carbocycles. The summed E-state index contributed by atoms with van der Waals surface area (Å²) in [6.45, 7) is 11.5. The number of carbonyl (C=O) groups is 3. The highest BCUT2D eigenvalue weighted by atomic mass is 16.6. The molecule has 0 aliphatic rings. The second-order valence-electron chi connectivity index (χ2n) is 23.8. The lowest BCUT2D eigenvalue weighted by Crippen LogP contribution is -2.30. The van der Waals surface area contributed by atoms with E-state index < -0.39 is 6.10 Å². The molecule has 0 N–H and O–H groups in total.